The van der Waals surface area contributed by atoms with E-state index in [0.717, 1.165) is 29.3 Å². The molecule has 0 N–H and O–H groups in total. The van der Waals surface area contributed by atoms with E-state index in [0.29, 0.717) is 11.8 Å². The Balaban J connectivity index is 2.68. The molecule has 2 rings (SSSR count). The lowest BCUT2D eigenvalue weighted by atomic mass is 10.1. The molecule has 92 valence electrons. The molecule has 0 aliphatic rings. The molecule has 0 amide bonds. The smallest absolute Gasteiger partial charge is 0.182 e. The van der Waals surface area contributed by atoms with Crippen LogP contribution in [0.4, 0.5) is 0 Å². The minimum atomic E-state index is 0.379. The highest BCUT2D eigenvalue weighted by atomic mass is 15.2. The summed E-state index contributed by atoms with van der Waals surface area (Å²) in [5, 5.41) is 8.63. The molecule has 0 radical (unpaired) electrons. The number of aromatic nitrogens is 4. The Bertz CT molecular complexity index is 525. The van der Waals surface area contributed by atoms with Crippen LogP contribution < -0.4 is 0 Å². The molecule has 0 saturated carbocycles. The van der Waals surface area contributed by atoms with Gasteiger partial charge in [-0.25, -0.2) is 4.98 Å². The standard InChI is InChI=1S/C13H20N4/c1-6-11-14-12(9(4)5)13-16-15-10(8(2)3)7-17(11)13/h7-9H,6H2,1-5H3. The molecule has 0 aliphatic heterocycles. The molecule has 0 aromatic carbocycles. The molecule has 2 aromatic heterocycles. The highest BCUT2D eigenvalue weighted by Crippen LogP contribution is 2.21. The third kappa shape index (κ3) is 2.04. The van der Waals surface area contributed by atoms with Crippen molar-refractivity contribution < 1.29 is 0 Å². The van der Waals surface area contributed by atoms with Crippen LogP contribution in [0.1, 0.15) is 63.7 Å². The lowest BCUT2D eigenvalue weighted by molar-refractivity contribution is 0.759. The van der Waals surface area contributed by atoms with E-state index in [-0.39, 0.29) is 0 Å². The Morgan fingerprint density at radius 2 is 1.82 bits per heavy atom. The normalized spacial score (nSPS) is 11.9. The summed E-state index contributed by atoms with van der Waals surface area (Å²) in [6.07, 6.45) is 2.99. The van der Waals surface area contributed by atoms with Crippen LogP contribution in [0.5, 0.6) is 0 Å². The van der Waals surface area contributed by atoms with Crippen LogP contribution >= 0.6 is 0 Å². The van der Waals surface area contributed by atoms with Crippen molar-refractivity contribution in [2.45, 2.75) is 52.9 Å². The zero-order chi connectivity index (χ0) is 12.6. The number of hydrogen-bond donors (Lipinski definition) is 0. The van der Waals surface area contributed by atoms with Crippen molar-refractivity contribution >= 4 is 5.65 Å². The molecule has 0 atom stereocenters. The first-order valence-corrected chi connectivity index (χ1v) is 6.29. The third-order valence-electron chi connectivity index (χ3n) is 2.96. The van der Waals surface area contributed by atoms with Gasteiger partial charge in [0.2, 0.25) is 0 Å². The van der Waals surface area contributed by atoms with Crippen LogP contribution in [0, 0.1) is 0 Å². The van der Waals surface area contributed by atoms with Crippen molar-refractivity contribution in [1.29, 1.82) is 0 Å². The summed E-state index contributed by atoms with van der Waals surface area (Å²) < 4.78 is 2.09. The molecule has 0 fully saturated rings. The number of hydrogen-bond acceptors (Lipinski definition) is 3. The maximum Gasteiger partial charge on any atom is 0.182 e. The summed E-state index contributed by atoms with van der Waals surface area (Å²) in [4.78, 5) is 4.67. The van der Waals surface area contributed by atoms with Gasteiger partial charge in [-0.15, -0.1) is 5.10 Å². The Morgan fingerprint density at radius 1 is 1.12 bits per heavy atom. The van der Waals surface area contributed by atoms with Gasteiger partial charge in [0, 0.05) is 12.6 Å². The SMILES string of the molecule is CCc1nc(C(C)C)c2nnc(C(C)C)cn12. The largest absolute Gasteiger partial charge is 0.285 e. The third-order valence-corrected chi connectivity index (χ3v) is 2.96. The second-order valence-corrected chi connectivity index (χ2v) is 5.02. The Labute approximate surface area is 102 Å². The average molecular weight is 232 g/mol. The van der Waals surface area contributed by atoms with Gasteiger partial charge in [0.1, 0.15) is 5.82 Å². The molecule has 2 heterocycles. The van der Waals surface area contributed by atoms with Crippen LogP contribution in [-0.2, 0) is 6.42 Å². The summed E-state index contributed by atoms with van der Waals surface area (Å²) in [7, 11) is 0. The van der Waals surface area contributed by atoms with Gasteiger partial charge in [0.15, 0.2) is 5.65 Å². The van der Waals surface area contributed by atoms with E-state index < -0.39 is 0 Å². The number of aryl methyl sites for hydroxylation is 1. The van der Waals surface area contributed by atoms with E-state index in [2.05, 4.69) is 60.4 Å². The number of nitrogens with zero attached hydrogens (tertiary/aromatic N) is 4. The van der Waals surface area contributed by atoms with Crippen molar-refractivity contribution in [2.75, 3.05) is 0 Å². The van der Waals surface area contributed by atoms with Gasteiger partial charge in [0.25, 0.3) is 0 Å². The fourth-order valence-electron chi connectivity index (χ4n) is 1.89. The molecule has 4 heteroatoms. The van der Waals surface area contributed by atoms with Gasteiger partial charge in [-0.05, 0) is 11.8 Å². The van der Waals surface area contributed by atoms with Crippen molar-refractivity contribution in [1.82, 2.24) is 19.6 Å². The zero-order valence-corrected chi connectivity index (χ0v) is 11.2. The molecule has 0 bridgehead atoms. The van der Waals surface area contributed by atoms with E-state index in [1.807, 2.05) is 0 Å². The highest BCUT2D eigenvalue weighted by Gasteiger charge is 2.15. The van der Waals surface area contributed by atoms with E-state index >= 15 is 0 Å². The molecule has 0 unspecified atom stereocenters. The van der Waals surface area contributed by atoms with Crippen molar-refractivity contribution in [3.8, 4) is 0 Å². The molecule has 0 aliphatic carbocycles. The Morgan fingerprint density at radius 3 is 2.35 bits per heavy atom. The van der Waals surface area contributed by atoms with E-state index in [1.54, 1.807) is 0 Å². The number of fused-ring (bicyclic) bond motifs is 1. The summed E-state index contributed by atoms with van der Waals surface area (Å²) in [6.45, 7) is 10.7. The molecular formula is C13H20N4. The highest BCUT2D eigenvalue weighted by molar-refractivity contribution is 5.46. The average Bonchev–Trinajstić information content (AvgIpc) is 2.66. The van der Waals surface area contributed by atoms with Crippen molar-refractivity contribution in [2.24, 2.45) is 0 Å². The second-order valence-electron chi connectivity index (χ2n) is 5.02. The van der Waals surface area contributed by atoms with E-state index in [9.17, 15) is 0 Å². The number of rotatable bonds is 3. The van der Waals surface area contributed by atoms with Crippen LogP contribution in [0.3, 0.4) is 0 Å². The maximum atomic E-state index is 4.67. The van der Waals surface area contributed by atoms with Gasteiger partial charge in [0.05, 0.1) is 11.4 Å². The quantitative estimate of drug-likeness (QED) is 0.817. The van der Waals surface area contributed by atoms with Gasteiger partial charge in [-0.1, -0.05) is 34.6 Å². The lowest BCUT2D eigenvalue weighted by Crippen LogP contribution is -2.02. The fraction of sp³-hybridized carbons (Fsp3) is 0.615. The first-order chi connectivity index (χ1) is 8.04. The molecule has 0 saturated heterocycles. The Hall–Kier alpha value is -1.45. The van der Waals surface area contributed by atoms with Gasteiger partial charge >= 0.3 is 0 Å². The van der Waals surface area contributed by atoms with Crippen LogP contribution in [-0.4, -0.2) is 19.6 Å². The molecule has 4 nitrogen and oxygen atoms in total. The molecule has 0 spiro atoms. The number of imidazole rings is 1. The topological polar surface area (TPSA) is 43.1 Å². The van der Waals surface area contributed by atoms with Crippen molar-refractivity contribution in [3.05, 3.63) is 23.4 Å². The van der Waals surface area contributed by atoms with Crippen LogP contribution in [0.2, 0.25) is 0 Å². The van der Waals surface area contributed by atoms with E-state index in [4.69, 9.17) is 0 Å². The first-order valence-electron chi connectivity index (χ1n) is 6.29. The van der Waals surface area contributed by atoms with Crippen LogP contribution in [0.15, 0.2) is 6.20 Å². The fourth-order valence-corrected chi connectivity index (χ4v) is 1.89. The second kappa shape index (κ2) is 4.43. The minimum Gasteiger partial charge on any atom is -0.285 e. The summed E-state index contributed by atoms with van der Waals surface area (Å²) in [6, 6.07) is 0. The maximum absolute atomic E-state index is 4.67. The van der Waals surface area contributed by atoms with Gasteiger partial charge in [-0.3, -0.25) is 4.40 Å². The zero-order valence-electron chi connectivity index (χ0n) is 11.2. The molecule has 17 heavy (non-hydrogen) atoms. The monoisotopic (exact) mass is 232 g/mol. The summed E-state index contributed by atoms with van der Waals surface area (Å²) >= 11 is 0. The van der Waals surface area contributed by atoms with E-state index in [1.165, 1.54) is 0 Å². The minimum absolute atomic E-state index is 0.379. The lowest BCUT2D eigenvalue weighted by Gasteiger charge is -2.05. The Kier molecular flexibility index (Phi) is 3.13. The first kappa shape index (κ1) is 12.0. The molecular weight excluding hydrogens is 212 g/mol. The van der Waals surface area contributed by atoms with Gasteiger partial charge < -0.3 is 0 Å². The van der Waals surface area contributed by atoms with Gasteiger partial charge in [-0.2, -0.15) is 5.10 Å². The predicted octanol–water partition coefficient (Wildman–Crippen LogP) is 2.93. The molecule has 2 aromatic rings. The summed E-state index contributed by atoms with van der Waals surface area (Å²) in [5.74, 6) is 1.84. The van der Waals surface area contributed by atoms with Crippen molar-refractivity contribution in [3.63, 3.8) is 0 Å². The van der Waals surface area contributed by atoms with Crippen LogP contribution in [0.25, 0.3) is 5.65 Å². The predicted molar refractivity (Wildman–Crippen MR) is 68.3 cm³/mol. The summed E-state index contributed by atoms with van der Waals surface area (Å²) in [5.41, 5.74) is 2.96.